The lowest BCUT2D eigenvalue weighted by Gasteiger charge is -2.28. The van der Waals surface area contributed by atoms with Crippen molar-refractivity contribution in [2.24, 2.45) is 0 Å². The number of benzene rings is 1. The van der Waals surface area contributed by atoms with Gasteiger partial charge in [-0.2, -0.15) is 0 Å². The Morgan fingerprint density at radius 1 is 1.11 bits per heavy atom. The molecule has 184 valence electrons. The van der Waals surface area contributed by atoms with Crippen LogP contribution in [0.5, 0.6) is 0 Å². The van der Waals surface area contributed by atoms with Crippen molar-refractivity contribution in [3.63, 3.8) is 0 Å². The zero-order valence-electron chi connectivity index (χ0n) is 20.4. The molecule has 0 saturated carbocycles. The fourth-order valence-electron chi connectivity index (χ4n) is 4.86. The van der Waals surface area contributed by atoms with Crippen LogP contribution < -0.4 is 10.6 Å². The Morgan fingerprint density at radius 3 is 2.69 bits per heavy atom. The molecule has 9 heteroatoms. The number of pyridine rings is 1. The Kier molecular flexibility index (Phi) is 6.84. The third-order valence-electron chi connectivity index (χ3n) is 6.48. The molecule has 1 amide bonds. The number of rotatable bonds is 7. The van der Waals surface area contributed by atoms with Crippen molar-refractivity contribution in [1.82, 2.24) is 24.8 Å². The van der Waals surface area contributed by atoms with Crippen LogP contribution in [-0.2, 0) is 4.79 Å². The molecule has 0 aliphatic carbocycles. The number of hydrogen-bond donors (Lipinski definition) is 2. The standard InChI is InChI=1S/C27H28N6OS2/c1-17-7-6-8-20(15-17)30-23(34)10-13-32-25(24(31-26(32)35)22-9-4-5-11-28-22)21-16-18(2)33(19(21)3)27-29-12-14-36-27/h4-9,11-12,14-16,24-25H,10,13H2,1-3H3,(H,30,34)(H,31,35)/t24-,25+/m0/s1. The fourth-order valence-corrected chi connectivity index (χ4v) is 5.94. The lowest BCUT2D eigenvalue weighted by Crippen LogP contribution is -2.32. The summed E-state index contributed by atoms with van der Waals surface area (Å²) in [7, 11) is 0. The van der Waals surface area contributed by atoms with E-state index in [1.54, 1.807) is 17.5 Å². The molecule has 1 saturated heterocycles. The Balaban J connectivity index is 1.45. The molecule has 1 aliphatic rings. The molecule has 3 aromatic heterocycles. The van der Waals surface area contributed by atoms with Crippen LogP contribution in [0.3, 0.4) is 0 Å². The minimum Gasteiger partial charge on any atom is -0.352 e. The van der Waals surface area contributed by atoms with Gasteiger partial charge in [0.15, 0.2) is 10.2 Å². The molecule has 1 aliphatic heterocycles. The average Bonchev–Trinajstić information content (AvgIpc) is 3.56. The second-order valence-electron chi connectivity index (χ2n) is 8.96. The maximum atomic E-state index is 12.8. The Labute approximate surface area is 220 Å². The summed E-state index contributed by atoms with van der Waals surface area (Å²) < 4.78 is 2.18. The van der Waals surface area contributed by atoms with Gasteiger partial charge in [0.25, 0.3) is 0 Å². The van der Waals surface area contributed by atoms with E-state index >= 15 is 0 Å². The molecular weight excluding hydrogens is 488 g/mol. The number of anilines is 1. The van der Waals surface area contributed by atoms with Gasteiger partial charge in [0.05, 0.1) is 17.8 Å². The summed E-state index contributed by atoms with van der Waals surface area (Å²) in [6.45, 7) is 6.70. The SMILES string of the molecule is Cc1cccc(NC(=O)CCN2C(=S)N[C@@H](c3ccccn3)[C@H]2c2cc(C)n(-c3nccs3)c2C)c1. The van der Waals surface area contributed by atoms with Crippen LogP contribution in [0.4, 0.5) is 5.69 Å². The highest BCUT2D eigenvalue weighted by molar-refractivity contribution is 7.80. The van der Waals surface area contributed by atoms with Gasteiger partial charge < -0.3 is 15.5 Å². The lowest BCUT2D eigenvalue weighted by atomic mass is 9.96. The van der Waals surface area contributed by atoms with E-state index in [2.05, 4.69) is 50.0 Å². The average molecular weight is 517 g/mol. The van der Waals surface area contributed by atoms with Gasteiger partial charge in [-0.05, 0) is 74.4 Å². The largest absolute Gasteiger partial charge is 0.352 e. The van der Waals surface area contributed by atoms with Crippen molar-refractivity contribution in [2.75, 3.05) is 11.9 Å². The third-order valence-corrected chi connectivity index (χ3v) is 7.59. The van der Waals surface area contributed by atoms with Crippen LogP contribution in [0.1, 0.15) is 46.7 Å². The molecule has 5 rings (SSSR count). The number of nitrogens with one attached hydrogen (secondary N) is 2. The summed E-state index contributed by atoms with van der Waals surface area (Å²) in [5, 5.41) is 10.0. The monoisotopic (exact) mass is 516 g/mol. The summed E-state index contributed by atoms with van der Waals surface area (Å²) in [5.41, 5.74) is 6.17. The number of thiazole rings is 1. The first kappa shape index (κ1) is 24.1. The van der Waals surface area contributed by atoms with E-state index in [1.165, 1.54) is 0 Å². The summed E-state index contributed by atoms with van der Waals surface area (Å²) in [4.78, 5) is 24.1. The van der Waals surface area contributed by atoms with Crippen molar-refractivity contribution in [3.05, 3.63) is 94.5 Å². The molecule has 0 radical (unpaired) electrons. The molecule has 0 unspecified atom stereocenters. The predicted molar refractivity (Wildman–Crippen MR) is 147 cm³/mol. The molecule has 2 N–H and O–H groups in total. The summed E-state index contributed by atoms with van der Waals surface area (Å²) >= 11 is 7.40. The van der Waals surface area contributed by atoms with Gasteiger partial charge in [-0.25, -0.2) is 4.98 Å². The van der Waals surface area contributed by atoms with E-state index in [0.717, 1.165) is 39.0 Å². The number of amides is 1. The number of thiocarbonyl (C=S) groups is 1. The topological polar surface area (TPSA) is 75.1 Å². The number of carbonyl (C=O) groups is 1. The zero-order chi connectivity index (χ0) is 25.2. The first-order chi connectivity index (χ1) is 17.4. The second-order valence-corrected chi connectivity index (χ2v) is 10.2. The van der Waals surface area contributed by atoms with Gasteiger partial charge in [0.1, 0.15) is 0 Å². The third kappa shape index (κ3) is 4.76. The fraction of sp³-hybridized carbons (Fsp3) is 0.259. The Morgan fingerprint density at radius 2 is 1.97 bits per heavy atom. The molecule has 1 aromatic carbocycles. The van der Waals surface area contributed by atoms with E-state index in [-0.39, 0.29) is 18.0 Å². The van der Waals surface area contributed by atoms with Crippen molar-refractivity contribution in [1.29, 1.82) is 0 Å². The second kappa shape index (κ2) is 10.2. The van der Waals surface area contributed by atoms with E-state index in [0.29, 0.717) is 18.1 Å². The minimum absolute atomic E-state index is 0.0447. The van der Waals surface area contributed by atoms with Gasteiger partial charge in [-0.15, -0.1) is 11.3 Å². The number of carbonyl (C=O) groups excluding carboxylic acids is 1. The number of aromatic nitrogens is 3. The van der Waals surface area contributed by atoms with Crippen molar-refractivity contribution >= 4 is 40.3 Å². The van der Waals surface area contributed by atoms with Gasteiger partial charge in [-0.3, -0.25) is 14.3 Å². The number of hydrogen-bond acceptors (Lipinski definition) is 5. The normalized spacial score (nSPS) is 17.3. The number of nitrogens with zero attached hydrogens (tertiary/aromatic N) is 4. The molecule has 36 heavy (non-hydrogen) atoms. The van der Waals surface area contributed by atoms with Crippen LogP contribution >= 0.6 is 23.6 Å². The van der Waals surface area contributed by atoms with E-state index < -0.39 is 0 Å². The summed E-state index contributed by atoms with van der Waals surface area (Å²) in [6.07, 6.45) is 3.93. The Bertz CT molecular complexity index is 1380. The van der Waals surface area contributed by atoms with Crippen LogP contribution in [0.25, 0.3) is 5.13 Å². The van der Waals surface area contributed by atoms with Gasteiger partial charge in [-0.1, -0.05) is 18.2 Å². The summed E-state index contributed by atoms with van der Waals surface area (Å²) in [6, 6.07) is 15.7. The lowest BCUT2D eigenvalue weighted by molar-refractivity contribution is -0.116. The first-order valence-corrected chi connectivity index (χ1v) is 13.1. The highest BCUT2D eigenvalue weighted by atomic mass is 32.1. The minimum atomic E-state index is -0.135. The van der Waals surface area contributed by atoms with Gasteiger partial charge in [0, 0.05) is 47.8 Å². The van der Waals surface area contributed by atoms with Crippen LogP contribution in [0.2, 0.25) is 0 Å². The zero-order valence-corrected chi connectivity index (χ0v) is 22.1. The summed E-state index contributed by atoms with van der Waals surface area (Å²) in [5.74, 6) is -0.0447. The molecule has 4 heterocycles. The smallest absolute Gasteiger partial charge is 0.226 e. The quantitative estimate of drug-likeness (QED) is 0.327. The Hall–Kier alpha value is -3.56. The van der Waals surface area contributed by atoms with Crippen molar-refractivity contribution in [3.8, 4) is 5.13 Å². The molecule has 2 atom stereocenters. The van der Waals surface area contributed by atoms with Gasteiger partial charge in [0.2, 0.25) is 5.91 Å². The first-order valence-electron chi connectivity index (χ1n) is 11.9. The van der Waals surface area contributed by atoms with Crippen molar-refractivity contribution in [2.45, 2.75) is 39.3 Å². The molecule has 7 nitrogen and oxygen atoms in total. The highest BCUT2D eigenvalue weighted by Crippen LogP contribution is 2.41. The van der Waals surface area contributed by atoms with Crippen LogP contribution in [0.15, 0.2) is 66.3 Å². The maximum absolute atomic E-state index is 12.8. The molecule has 1 fully saturated rings. The molecule has 0 bridgehead atoms. The molecular formula is C27H28N6OS2. The van der Waals surface area contributed by atoms with Crippen molar-refractivity contribution < 1.29 is 4.79 Å². The predicted octanol–water partition coefficient (Wildman–Crippen LogP) is 5.26. The highest BCUT2D eigenvalue weighted by Gasteiger charge is 2.41. The van der Waals surface area contributed by atoms with Crippen LogP contribution in [0, 0.1) is 20.8 Å². The van der Waals surface area contributed by atoms with E-state index in [9.17, 15) is 4.79 Å². The maximum Gasteiger partial charge on any atom is 0.226 e. The van der Waals surface area contributed by atoms with Crippen LogP contribution in [-0.4, -0.2) is 37.0 Å². The molecule has 4 aromatic rings. The van der Waals surface area contributed by atoms with E-state index in [1.807, 2.05) is 61.0 Å². The molecule has 0 spiro atoms. The van der Waals surface area contributed by atoms with E-state index in [4.69, 9.17) is 12.2 Å². The number of aryl methyl sites for hydroxylation is 2. The van der Waals surface area contributed by atoms with Gasteiger partial charge >= 0.3 is 0 Å².